The van der Waals surface area contributed by atoms with E-state index in [1.807, 2.05) is 23.1 Å². The van der Waals surface area contributed by atoms with E-state index < -0.39 is 0 Å². The summed E-state index contributed by atoms with van der Waals surface area (Å²) in [5, 5.41) is 0. The number of carbonyl (C=O) groups excluding carboxylic acids is 1. The van der Waals surface area contributed by atoms with Crippen molar-refractivity contribution in [2.45, 2.75) is 18.9 Å². The second-order valence-electron chi connectivity index (χ2n) is 6.19. The predicted octanol–water partition coefficient (Wildman–Crippen LogP) is 4.22. The normalized spacial score (nSPS) is 16.9. The molecular formula is C21H22FNO3. The highest BCUT2D eigenvalue weighted by Gasteiger charge is 2.29. The third kappa shape index (κ3) is 3.87. The molecule has 26 heavy (non-hydrogen) atoms. The first-order valence-corrected chi connectivity index (χ1v) is 8.58. The number of halogens is 1. The number of carbonyl (C=O) groups is 1. The topological polar surface area (TPSA) is 38.8 Å². The van der Waals surface area contributed by atoms with Crippen molar-refractivity contribution in [3.05, 3.63) is 65.5 Å². The Bertz CT molecular complexity index is 819. The van der Waals surface area contributed by atoms with Gasteiger partial charge in [0.05, 0.1) is 20.3 Å². The first kappa shape index (κ1) is 18.0. The molecule has 4 nitrogen and oxygen atoms in total. The van der Waals surface area contributed by atoms with E-state index in [1.54, 1.807) is 32.4 Å². The summed E-state index contributed by atoms with van der Waals surface area (Å²) < 4.78 is 23.9. The first-order valence-electron chi connectivity index (χ1n) is 8.58. The van der Waals surface area contributed by atoms with Crippen molar-refractivity contribution >= 4 is 12.0 Å². The summed E-state index contributed by atoms with van der Waals surface area (Å²) in [7, 11) is 3.20. The molecule has 1 amide bonds. The van der Waals surface area contributed by atoms with E-state index in [4.69, 9.17) is 9.47 Å². The third-order valence-corrected chi connectivity index (χ3v) is 4.60. The van der Waals surface area contributed by atoms with Gasteiger partial charge in [-0.2, -0.15) is 0 Å². The van der Waals surface area contributed by atoms with Crippen molar-refractivity contribution in [1.29, 1.82) is 0 Å². The SMILES string of the molecule is COc1ccc(C2CCCN2C(=O)/C=C/c2cccc(F)c2)cc1OC. The quantitative estimate of drug-likeness (QED) is 0.754. The lowest BCUT2D eigenvalue weighted by atomic mass is 10.0. The van der Waals surface area contributed by atoms with E-state index >= 15 is 0 Å². The maximum atomic E-state index is 13.3. The van der Waals surface area contributed by atoms with Gasteiger partial charge in [-0.15, -0.1) is 0 Å². The van der Waals surface area contributed by atoms with E-state index in [0.717, 1.165) is 18.4 Å². The molecule has 0 aromatic heterocycles. The van der Waals surface area contributed by atoms with Crippen LogP contribution in [0.3, 0.4) is 0 Å². The lowest BCUT2D eigenvalue weighted by Gasteiger charge is -2.24. The Balaban J connectivity index is 1.78. The Morgan fingerprint density at radius 3 is 2.69 bits per heavy atom. The second-order valence-corrected chi connectivity index (χ2v) is 6.19. The van der Waals surface area contributed by atoms with Crippen LogP contribution in [0.25, 0.3) is 6.08 Å². The van der Waals surface area contributed by atoms with E-state index in [0.29, 0.717) is 23.6 Å². The molecule has 1 unspecified atom stereocenters. The largest absolute Gasteiger partial charge is 0.493 e. The van der Waals surface area contributed by atoms with Crippen LogP contribution in [0.2, 0.25) is 0 Å². The Kier molecular flexibility index (Phi) is 5.56. The molecular weight excluding hydrogens is 333 g/mol. The summed E-state index contributed by atoms with van der Waals surface area (Å²) in [5.41, 5.74) is 1.69. The van der Waals surface area contributed by atoms with Gasteiger partial charge in [-0.05, 0) is 54.3 Å². The summed E-state index contributed by atoms with van der Waals surface area (Å²) in [6, 6.07) is 11.9. The fourth-order valence-corrected chi connectivity index (χ4v) is 3.31. The average Bonchev–Trinajstić information content (AvgIpc) is 3.15. The molecule has 0 aliphatic carbocycles. The molecule has 0 N–H and O–H groups in total. The standard InChI is InChI=1S/C21H22FNO3/c1-25-19-10-9-16(14-20(19)26-2)18-7-4-12-23(18)21(24)11-8-15-5-3-6-17(22)13-15/h3,5-6,8-11,13-14,18H,4,7,12H2,1-2H3/b11-8+. The van der Waals surface area contributed by atoms with Crippen molar-refractivity contribution < 1.29 is 18.7 Å². The molecule has 1 atom stereocenters. The fourth-order valence-electron chi connectivity index (χ4n) is 3.31. The smallest absolute Gasteiger partial charge is 0.247 e. The molecule has 1 heterocycles. The van der Waals surface area contributed by atoms with Crippen LogP contribution in [0.1, 0.15) is 30.0 Å². The van der Waals surface area contributed by atoms with Gasteiger partial charge in [0.2, 0.25) is 5.91 Å². The summed E-state index contributed by atoms with van der Waals surface area (Å²) in [4.78, 5) is 14.5. The molecule has 1 saturated heterocycles. The molecule has 3 rings (SSSR count). The van der Waals surface area contributed by atoms with Gasteiger partial charge in [0.1, 0.15) is 5.82 Å². The van der Waals surface area contributed by atoms with E-state index in [9.17, 15) is 9.18 Å². The molecule has 1 fully saturated rings. The van der Waals surface area contributed by atoms with Crippen LogP contribution in [0.15, 0.2) is 48.5 Å². The van der Waals surface area contributed by atoms with Gasteiger partial charge < -0.3 is 14.4 Å². The summed E-state index contributed by atoms with van der Waals surface area (Å²) in [5.74, 6) is 0.924. The number of hydrogen-bond donors (Lipinski definition) is 0. The molecule has 5 heteroatoms. The molecule has 0 radical (unpaired) electrons. The molecule has 2 aromatic rings. The van der Waals surface area contributed by atoms with Crippen LogP contribution in [0.5, 0.6) is 11.5 Å². The van der Waals surface area contributed by atoms with Gasteiger partial charge in [-0.25, -0.2) is 4.39 Å². The number of methoxy groups -OCH3 is 2. The van der Waals surface area contributed by atoms with Crippen LogP contribution in [-0.2, 0) is 4.79 Å². The van der Waals surface area contributed by atoms with E-state index in [1.165, 1.54) is 18.2 Å². The lowest BCUT2D eigenvalue weighted by Crippen LogP contribution is -2.28. The van der Waals surface area contributed by atoms with Gasteiger partial charge in [-0.3, -0.25) is 4.79 Å². The molecule has 0 spiro atoms. The van der Waals surface area contributed by atoms with Crippen LogP contribution in [-0.4, -0.2) is 31.6 Å². The van der Waals surface area contributed by atoms with Gasteiger partial charge in [-0.1, -0.05) is 18.2 Å². The van der Waals surface area contributed by atoms with Crippen molar-refractivity contribution in [2.75, 3.05) is 20.8 Å². The number of ether oxygens (including phenoxy) is 2. The van der Waals surface area contributed by atoms with Crippen molar-refractivity contribution in [3.8, 4) is 11.5 Å². The third-order valence-electron chi connectivity index (χ3n) is 4.60. The van der Waals surface area contributed by atoms with Crippen LogP contribution in [0.4, 0.5) is 4.39 Å². The highest BCUT2D eigenvalue weighted by atomic mass is 19.1. The molecule has 0 saturated carbocycles. The molecule has 2 aromatic carbocycles. The number of likely N-dealkylation sites (tertiary alicyclic amines) is 1. The highest BCUT2D eigenvalue weighted by Crippen LogP contribution is 2.37. The summed E-state index contributed by atoms with van der Waals surface area (Å²) in [6.45, 7) is 0.700. The van der Waals surface area contributed by atoms with Gasteiger partial charge >= 0.3 is 0 Å². The van der Waals surface area contributed by atoms with Crippen LogP contribution in [0, 0.1) is 5.82 Å². The minimum Gasteiger partial charge on any atom is -0.493 e. The maximum Gasteiger partial charge on any atom is 0.247 e. The number of amides is 1. The Morgan fingerprint density at radius 1 is 1.15 bits per heavy atom. The van der Waals surface area contributed by atoms with Crippen LogP contribution >= 0.6 is 0 Å². The zero-order valence-corrected chi connectivity index (χ0v) is 14.9. The number of rotatable bonds is 5. The van der Waals surface area contributed by atoms with Crippen molar-refractivity contribution in [3.63, 3.8) is 0 Å². The highest BCUT2D eigenvalue weighted by molar-refractivity contribution is 5.92. The summed E-state index contributed by atoms with van der Waals surface area (Å²) >= 11 is 0. The molecule has 0 bridgehead atoms. The van der Waals surface area contributed by atoms with Gasteiger partial charge in [0.25, 0.3) is 0 Å². The minimum absolute atomic E-state index is 0.000495. The maximum absolute atomic E-state index is 13.3. The fraction of sp³-hybridized carbons (Fsp3) is 0.286. The van der Waals surface area contributed by atoms with E-state index in [2.05, 4.69) is 0 Å². The Morgan fingerprint density at radius 2 is 1.96 bits per heavy atom. The first-order chi connectivity index (χ1) is 12.6. The second kappa shape index (κ2) is 8.04. The molecule has 136 valence electrons. The zero-order chi connectivity index (χ0) is 18.5. The van der Waals surface area contributed by atoms with Crippen molar-refractivity contribution in [2.24, 2.45) is 0 Å². The predicted molar refractivity (Wildman–Crippen MR) is 98.7 cm³/mol. The minimum atomic E-state index is -0.316. The summed E-state index contributed by atoms with van der Waals surface area (Å²) in [6.07, 6.45) is 5.00. The average molecular weight is 355 g/mol. The molecule has 1 aliphatic heterocycles. The van der Waals surface area contributed by atoms with Crippen LogP contribution < -0.4 is 9.47 Å². The molecule has 1 aliphatic rings. The number of benzene rings is 2. The van der Waals surface area contributed by atoms with Gasteiger partial charge in [0.15, 0.2) is 11.5 Å². The Hall–Kier alpha value is -2.82. The van der Waals surface area contributed by atoms with E-state index in [-0.39, 0.29) is 17.8 Å². The van der Waals surface area contributed by atoms with Gasteiger partial charge in [0, 0.05) is 12.6 Å². The number of hydrogen-bond acceptors (Lipinski definition) is 3. The monoisotopic (exact) mass is 355 g/mol. The zero-order valence-electron chi connectivity index (χ0n) is 14.9. The van der Waals surface area contributed by atoms with Crippen molar-refractivity contribution in [1.82, 2.24) is 4.90 Å². The lowest BCUT2D eigenvalue weighted by molar-refractivity contribution is -0.126. The Labute approximate surface area is 152 Å². The number of nitrogens with zero attached hydrogens (tertiary/aromatic N) is 1.